The minimum Gasteiger partial charge on any atom is -0.437 e. The third-order valence-electron chi connectivity index (χ3n) is 2.65. The van der Waals surface area contributed by atoms with Crippen molar-refractivity contribution in [1.82, 2.24) is 15.0 Å². The van der Waals surface area contributed by atoms with Crippen LogP contribution in [-0.4, -0.2) is 21.5 Å². The fourth-order valence-electron chi connectivity index (χ4n) is 1.63. The summed E-state index contributed by atoms with van der Waals surface area (Å²) in [6, 6.07) is 5.49. The molecule has 1 N–H and O–H groups in total. The van der Waals surface area contributed by atoms with Gasteiger partial charge in [0.1, 0.15) is 17.4 Å². The molecular formula is C15H20N4O. The molecule has 0 saturated heterocycles. The van der Waals surface area contributed by atoms with Gasteiger partial charge >= 0.3 is 0 Å². The van der Waals surface area contributed by atoms with E-state index in [2.05, 4.69) is 41.0 Å². The van der Waals surface area contributed by atoms with E-state index in [-0.39, 0.29) is 5.92 Å². The van der Waals surface area contributed by atoms with Gasteiger partial charge in [-0.3, -0.25) is 4.98 Å². The van der Waals surface area contributed by atoms with E-state index in [4.69, 9.17) is 4.74 Å². The number of hydrogen-bond donors (Lipinski definition) is 1. The highest BCUT2D eigenvalue weighted by Crippen LogP contribution is 2.23. The van der Waals surface area contributed by atoms with Gasteiger partial charge in [-0.25, -0.2) is 4.98 Å². The second-order valence-corrected chi connectivity index (χ2v) is 4.82. The van der Waals surface area contributed by atoms with Crippen LogP contribution in [0.1, 0.15) is 38.9 Å². The summed E-state index contributed by atoms with van der Waals surface area (Å²) in [6.45, 7) is 7.12. The summed E-state index contributed by atoms with van der Waals surface area (Å²) >= 11 is 0. The van der Waals surface area contributed by atoms with E-state index in [0.717, 1.165) is 24.6 Å². The molecule has 0 radical (unpaired) electrons. The van der Waals surface area contributed by atoms with Crippen molar-refractivity contribution in [2.75, 3.05) is 11.9 Å². The molecule has 0 fully saturated rings. The van der Waals surface area contributed by atoms with E-state index in [9.17, 15) is 0 Å². The largest absolute Gasteiger partial charge is 0.437 e. The number of pyridine rings is 1. The maximum Gasteiger partial charge on any atom is 0.224 e. The number of aromatic nitrogens is 3. The molecule has 20 heavy (non-hydrogen) atoms. The maximum atomic E-state index is 5.74. The van der Waals surface area contributed by atoms with Gasteiger partial charge in [0.05, 0.1) is 6.20 Å². The van der Waals surface area contributed by atoms with Crippen molar-refractivity contribution in [2.45, 2.75) is 33.1 Å². The van der Waals surface area contributed by atoms with Crippen molar-refractivity contribution in [3.05, 3.63) is 36.4 Å². The van der Waals surface area contributed by atoms with Gasteiger partial charge in [0, 0.05) is 24.7 Å². The molecule has 0 bridgehead atoms. The van der Waals surface area contributed by atoms with Crippen LogP contribution in [0.3, 0.4) is 0 Å². The van der Waals surface area contributed by atoms with Crippen molar-refractivity contribution in [3.63, 3.8) is 0 Å². The third kappa shape index (κ3) is 3.91. The number of hydrogen-bond acceptors (Lipinski definition) is 5. The average Bonchev–Trinajstić information content (AvgIpc) is 2.46. The number of ether oxygens (including phenoxy) is 1. The van der Waals surface area contributed by atoms with E-state index in [1.807, 2.05) is 18.2 Å². The Morgan fingerprint density at radius 2 is 2.15 bits per heavy atom. The van der Waals surface area contributed by atoms with Crippen LogP contribution in [-0.2, 0) is 0 Å². The predicted molar refractivity (Wildman–Crippen MR) is 79.2 cm³/mol. The summed E-state index contributed by atoms with van der Waals surface area (Å²) in [7, 11) is 0. The van der Waals surface area contributed by atoms with Crippen molar-refractivity contribution < 1.29 is 4.74 Å². The first-order chi connectivity index (χ1) is 9.69. The highest BCUT2D eigenvalue weighted by molar-refractivity contribution is 5.40. The lowest BCUT2D eigenvalue weighted by Gasteiger charge is -2.11. The summed E-state index contributed by atoms with van der Waals surface area (Å²) in [4.78, 5) is 13.0. The lowest BCUT2D eigenvalue weighted by atomic mass is 10.2. The summed E-state index contributed by atoms with van der Waals surface area (Å²) in [5.74, 6) is 3.02. The molecule has 2 rings (SSSR count). The molecule has 0 aliphatic heterocycles. The second kappa shape index (κ2) is 6.84. The maximum absolute atomic E-state index is 5.74. The van der Waals surface area contributed by atoms with Crippen LogP contribution in [0.4, 0.5) is 5.82 Å². The number of nitrogens with one attached hydrogen (secondary N) is 1. The number of anilines is 1. The first-order valence-corrected chi connectivity index (χ1v) is 6.89. The van der Waals surface area contributed by atoms with Crippen LogP contribution < -0.4 is 10.1 Å². The van der Waals surface area contributed by atoms with Crippen LogP contribution >= 0.6 is 0 Å². The van der Waals surface area contributed by atoms with E-state index in [1.165, 1.54) is 0 Å². The van der Waals surface area contributed by atoms with Crippen LogP contribution in [0, 0.1) is 0 Å². The molecule has 5 heteroatoms. The Hall–Kier alpha value is -2.17. The first kappa shape index (κ1) is 14.2. The molecule has 0 aliphatic carbocycles. The monoisotopic (exact) mass is 272 g/mol. The highest BCUT2D eigenvalue weighted by atomic mass is 16.5. The normalized spacial score (nSPS) is 10.6. The minimum atomic E-state index is 0.245. The van der Waals surface area contributed by atoms with Gasteiger partial charge < -0.3 is 10.1 Å². The summed E-state index contributed by atoms with van der Waals surface area (Å²) in [5, 5.41) is 3.27. The molecule has 2 heterocycles. The molecule has 106 valence electrons. The minimum absolute atomic E-state index is 0.245. The molecular weight excluding hydrogens is 252 g/mol. The Morgan fingerprint density at radius 3 is 2.80 bits per heavy atom. The van der Waals surface area contributed by atoms with Crippen LogP contribution in [0.15, 0.2) is 30.6 Å². The Bertz CT molecular complexity index is 543. The molecule has 0 amide bonds. The van der Waals surface area contributed by atoms with E-state index in [0.29, 0.717) is 11.6 Å². The lowest BCUT2D eigenvalue weighted by Crippen LogP contribution is -2.07. The zero-order valence-electron chi connectivity index (χ0n) is 12.1. The molecule has 0 atom stereocenters. The summed E-state index contributed by atoms with van der Waals surface area (Å²) < 4.78 is 5.74. The van der Waals surface area contributed by atoms with Crippen molar-refractivity contribution in [2.24, 2.45) is 0 Å². The van der Waals surface area contributed by atoms with Gasteiger partial charge in [-0.1, -0.05) is 20.8 Å². The van der Waals surface area contributed by atoms with E-state index < -0.39 is 0 Å². The molecule has 0 spiro atoms. The van der Waals surface area contributed by atoms with Crippen molar-refractivity contribution >= 4 is 5.82 Å². The quantitative estimate of drug-likeness (QED) is 0.870. The second-order valence-electron chi connectivity index (χ2n) is 4.82. The predicted octanol–water partition coefficient (Wildman–Crippen LogP) is 3.61. The molecule has 0 aromatic carbocycles. The van der Waals surface area contributed by atoms with Gasteiger partial charge in [0.2, 0.25) is 5.88 Å². The number of rotatable bonds is 6. The van der Waals surface area contributed by atoms with Gasteiger partial charge in [-0.2, -0.15) is 4.98 Å². The van der Waals surface area contributed by atoms with Gasteiger partial charge in [0.15, 0.2) is 0 Å². The topological polar surface area (TPSA) is 59.9 Å². The Balaban J connectivity index is 2.24. The highest BCUT2D eigenvalue weighted by Gasteiger charge is 2.09. The molecule has 0 aliphatic rings. The lowest BCUT2D eigenvalue weighted by molar-refractivity contribution is 0.455. The van der Waals surface area contributed by atoms with Crippen LogP contribution in [0.5, 0.6) is 11.6 Å². The van der Waals surface area contributed by atoms with Crippen molar-refractivity contribution in [3.8, 4) is 11.6 Å². The fraction of sp³-hybridized carbons (Fsp3) is 0.400. The SMILES string of the molecule is CCCNc1cc(Oc2cccnc2)nc(C(C)C)n1. The first-order valence-electron chi connectivity index (χ1n) is 6.89. The zero-order valence-corrected chi connectivity index (χ0v) is 12.1. The molecule has 0 saturated carbocycles. The zero-order chi connectivity index (χ0) is 14.4. The average molecular weight is 272 g/mol. The third-order valence-corrected chi connectivity index (χ3v) is 2.65. The standard InChI is InChI=1S/C15H20N4O/c1-4-7-17-13-9-14(19-15(18-13)11(2)3)20-12-6-5-8-16-10-12/h5-6,8-11H,4,7H2,1-3H3,(H,17,18,19). The molecule has 2 aromatic rings. The fourth-order valence-corrected chi connectivity index (χ4v) is 1.63. The van der Waals surface area contributed by atoms with Gasteiger partial charge in [0.25, 0.3) is 0 Å². The van der Waals surface area contributed by atoms with Crippen molar-refractivity contribution in [1.29, 1.82) is 0 Å². The van der Waals surface area contributed by atoms with Crippen LogP contribution in [0.2, 0.25) is 0 Å². The van der Waals surface area contributed by atoms with E-state index >= 15 is 0 Å². The Labute approximate surface area is 119 Å². The summed E-state index contributed by atoms with van der Waals surface area (Å²) in [5.41, 5.74) is 0. The number of nitrogens with zero attached hydrogens (tertiary/aromatic N) is 3. The Morgan fingerprint density at radius 1 is 1.30 bits per heavy atom. The summed E-state index contributed by atoms with van der Waals surface area (Å²) in [6.07, 6.45) is 4.41. The molecule has 0 unspecified atom stereocenters. The van der Waals surface area contributed by atoms with E-state index in [1.54, 1.807) is 12.4 Å². The van der Waals surface area contributed by atoms with Gasteiger partial charge in [-0.15, -0.1) is 0 Å². The molecule has 5 nitrogen and oxygen atoms in total. The molecule has 2 aromatic heterocycles. The Kier molecular flexibility index (Phi) is 4.87. The van der Waals surface area contributed by atoms with Crippen LogP contribution in [0.25, 0.3) is 0 Å². The van der Waals surface area contributed by atoms with Gasteiger partial charge in [-0.05, 0) is 18.6 Å². The smallest absolute Gasteiger partial charge is 0.224 e.